The van der Waals surface area contributed by atoms with Crippen LogP contribution in [0.5, 0.6) is 5.75 Å². The van der Waals surface area contributed by atoms with Gasteiger partial charge in [0.2, 0.25) is 0 Å². The average Bonchev–Trinajstić information content (AvgIpc) is 2.92. The summed E-state index contributed by atoms with van der Waals surface area (Å²) < 4.78 is 7.58. The van der Waals surface area contributed by atoms with Gasteiger partial charge in [-0.25, -0.2) is 0 Å². The van der Waals surface area contributed by atoms with Crippen LogP contribution in [-0.4, -0.2) is 16.4 Å². The third kappa shape index (κ3) is 4.30. The lowest BCUT2D eigenvalue weighted by molar-refractivity contribution is 0.271. The SMILES string of the molecule is CCn1cc(NCc2ccc(OCC(C)C)cc2)cn1. The highest BCUT2D eigenvalue weighted by Crippen LogP contribution is 2.14. The Labute approximate surface area is 120 Å². The molecule has 4 nitrogen and oxygen atoms in total. The normalized spacial score (nSPS) is 10.8. The summed E-state index contributed by atoms with van der Waals surface area (Å²) in [7, 11) is 0. The van der Waals surface area contributed by atoms with Crippen molar-refractivity contribution < 1.29 is 4.74 Å². The van der Waals surface area contributed by atoms with E-state index in [1.54, 1.807) is 0 Å². The minimum atomic E-state index is 0.548. The fourth-order valence-corrected chi connectivity index (χ4v) is 1.80. The first-order chi connectivity index (χ1) is 9.67. The predicted molar refractivity (Wildman–Crippen MR) is 82.0 cm³/mol. The number of nitrogens with zero attached hydrogens (tertiary/aromatic N) is 2. The molecular weight excluding hydrogens is 250 g/mol. The quantitative estimate of drug-likeness (QED) is 0.838. The lowest BCUT2D eigenvalue weighted by Crippen LogP contribution is -2.04. The first-order valence-electron chi connectivity index (χ1n) is 7.15. The maximum Gasteiger partial charge on any atom is 0.119 e. The van der Waals surface area contributed by atoms with E-state index in [0.29, 0.717) is 5.92 Å². The van der Waals surface area contributed by atoms with Crippen molar-refractivity contribution >= 4 is 5.69 Å². The van der Waals surface area contributed by atoms with Gasteiger partial charge in [-0.15, -0.1) is 0 Å². The number of ether oxygens (including phenoxy) is 1. The van der Waals surface area contributed by atoms with Crippen LogP contribution in [0.15, 0.2) is 36.7 Å². The summed E-state index contributed by atoms with van der Waals surface area (Å²) in [6.45, 7) is 8.81. The zero-order chi connectivity index (χ0) is 14.4. The van der Waals surface area contributed by atoms with Crippen molar-refractivity contribution in [2.75, 3.05) is 11.9 Å². The van der Waals surface area contributed by atoms with E-state index >= 15 is 0 Å². The molecule has 1 heterocycles. The van der Waals surface area contributed by atoms with Gasteiger partial charge in [0.05, 0.1) is 18.5 Å². The molecule has 0 amide bonds. The van der Waals surface area contributed by atoms with E-state index in [9.17, 15) is 0 Å². The number of aromatic nitrogens is 2. The van der Waals surface area contributed by atoms with Gasteiger partial charge in [-0.2, -0.15) is 5.10 Å². The third-order valence-corrected chi connectivity index (χ3v) is 2.96. The van der Waals surface area contributed by atoms with Crippen LogP contribution in [0.2, 0.25) is 0 Å². The Morgan fingerprint density at radius 2 is 2.00 bits per heavy atom. The Morgan fingerprint density at radius 3 is 2.60 bits per heavy atom. The molecule has 0 unspecified atom stereocenters. The first kappa shape index (κ1) is 14.4. The van der Waals surface area contributed by atoms with Gasteiger partial charge in [0.25, 0.3) is 0 Å². The molecule has 0 aliphatic heterocycles. The van der Waals surface area contributed by atoms with Crippen molar-refractivity contribution in [3.8, 4) is 5.75 Å². The second-order valence-electron chi connectivity index (χ2n) is 5.29. The van der Waals surface area contributed by atoms with Crippen LogP contribution >= 0.6 is 0 Å². The van der Waals surface area contributed by atoms with Crippen molar-refractivity contribution in [2.24, 2.45) is 5.92 Å². The Morgan fingerprint density at radius 1 is 1.25 bits per heavy atom. The molecule has 0 atom stereocenters. The molecule has 1 N–H and O–H groups in total. The maximum absolute atomic E-state index is 5.67. The van der Waals surface area contributed by atoms with E-state index < -0.39 is 0 Å². The van der Waals surface area contributed by atoms with Crippen LogP contribution < -0.4 is 10.1 Å². The Kier molecular flexibility index (Phi) is 5.04. The highest BCUT2D eigenvalue weighted by Gasteiger charge is 2.00. The summed E-state index contributed by atoms with van der Waals surface area (Å²) in [5.74, 6) is 1.48. The van der Waals surface area contributed by atoms with Crippen LogP contribution in [0.4, 0.5) is 5.69 Å². The number of rotatable bonds is 7. The van der Waals surface area contributed by atoms with Gasteiger partial charge in [-0.1, -0.05) is 26.0 Å². The molecule has 1 aromatic heterocycles. The van der Waals surface area contributed by atoms with Crippen molar-refractivity contribution in [3.63, 3.8) is 0 Å². The fourth-order valence-electron chi connectivity index (χ4n) is 1.80. The number of hydrogen-bond donors (Lipinski definition) is 1. The van der Waals surface area contributed by atoms with Crippen molar-refractivity contribution in [3.05, 3.63) is 42.2 Å². The second-order valence-corrected chi connectivity index (χ2v) is 5.29. The van der Waals surface area contributed by atoms with E-state index in [2.05, 4.69) is 43.3 Å². The van der Waals surface area contributed by atoms with E-state index in [-0.39, 0.29) is 0 Å². The number of hydrogen-bond acceptors (Lipinski definition) is 3. The zero-order valence-corrected chi connectivity index (χ0v) is 12.5. The Hall–Kier alpha value is -1.97. The molecule has 4 heteroatoms. The van der Waals surface area contributed by atoms with Gasteiger partial charge in [0.1, 0.15) is 5.75 Å². The van der Waals surface area contributed by atoms with Gasteiger partial charge in [0.15, 0.2) is 0 Å². The van der Waals surface area contributed by atoms with Crippen molar-refractivity contribution in [1.29, 1.82) is 0 Å². The lowest BCUT2D eigenvalue weighted by atomic mass is 10.2. The summed E-state index contributed by atoms with van der Waals surface area (Å²) in [6, 6.07) is 8.23. The molecule has 0 aliphatic rings. The average molecular weight is 273 g/mol. The standard InChI is InChI=1S/C16H23N3O/c1-4-19-11-15(10-18-19)17-9-14-5-7-16(8-6-14)20-12-13(2)3/h5-8,10-11,13,17H,4,9,12H2,1-3H3. The van der Waals surface area contributed by atoms with Crippen LogP contribution in [0, 0.1) is 5.92 Å². The van der Waals surface area contributed by atoms with Crippen LogP contribution in [-0.2, 0) is 13.1 Å². The summed E-state index contributed by atoms with van der Waals surface area (Å²) in [5.41, 5.74) is 2.28. The molecule has 2 aromatic rings. The summed E-state index contributed by atoms with van der Waals surface area (Å²) in [5, 5.41) is 7.60. The molecule has 0 spiro atoms. The van der Waals surface area contributed by atoms with E-state index in [0.717, 1.165) is 31.1 Å². The monoisotopic (exact) mass is 273 g/mol. The smallest absolute Gasteiger partial charge is 0.119 e. The summed E-state index contributed by atoms with van der Waals surface area (Å²) in [4.78, 5) is 0. The highest BCUT2D eigenvalue weighted by molar-refractivity contribution is 5.39. The largest absolute Gasteiger partial charge is 0.493 e. The Bertz CT molecular complexity index is 517. The second kappa shape index (κ2) is 6.98. The van der Waals surface area contributed by atoms with E-state index in [1.165, 1.54) is 5.56 Å². The molecule has 0 fully saturated rings. The van der Waals surface area contributed by atoms with Gasteiger partial charge >= 0.3 is 0 Å². The number of anilines is 1. The maximum atomic E-state index is 5.67. The molecule has 0 radical (unpaired) electrons. The molecule has 0 saturated carbocycles. The van der Waals surface area contributed by atoms with Gasteiger partial charge < -0.3 is 10.1 Å². The van der Waals surface area contributed by atoms with Crippen LogP contribution in [0.1, 0.15) is 26.3 Å². The molecule has 20 heavy (non-hydrogen) atoms. The highest BCUT2D eigenvalue weighted by atomic mass is 16.5. The van der Waals surface area contributed by atoms with Gasteiger partial charge in [-0.05, 0) is 30.5 Å². The number of benzene rings is 1. The van der Waals surface area contributed by atoms with Crippen molar-refractivity contribution in [2.45, 2.75) is 33.9 Å². The lowest BCUT2D eigenvalue weighted by Gasteiger charge is -2.09. The number of nitrogens with one attached hydrogen (secondary N) is 1. The van der Waals surface area contributed by atoms with E-state index in [1.807, 2.05) is 29.2 Å². The molecule has 0 aliphatic carbocycles. The van der Waals surface area contributed by atoms with Gasteiger partial charge in [0, 0.05) is 19.3 Å². The van der Waals surface area contributed by atoms with Crippen molar-refractivity contribution in [1.82, 2.24) is 9.78 Å². The molecule has 0 saturated heterocycles. The molecular formula is C16H23N3O. The fraction of sp³-hybridized carbons (Fsp3) is 0.438. The molecule has 2 rings (SSSR count). The van der Waals surface area contributed by atoms with Gasteiger partial charge in [-0.3, -0.25) is 4.68 Å². The summed E-state index contributed by atoms with van der Waals surface area (Å²) in [6.07, 6.45) is 3.86. The predicted octanol–water partition coefficient (Wildman–Crippen LogP) is 3.55. The molecule has 1 aromatic carbocycles. The third-order valence-electron chi connectivity index (χ3n) is 2.96. The molecule has 0 bridgehead atoms. The molecule has 108 valence electrons. The Balaban J connectivity index is 1.84. The minimum absolute atomic E-state index is 0.548. The van der Waals surface area contributed by atoms with Crippen LogP contribution in [0.25, 0.3) is 0 Å². The zero-order valence-electron chi connectivity index (χ0n) is 12.5. The van der Waals surface area contributed by atoms with Crippen LogP contribution in [0.3, 0.4) is 0 Å². The summed E-state index contributed by atoms with van der Waals surface area (Å²) >= 11 is 0. The topological polar surface area (TPSA) is 39.1 Å². The number of aryl methyl sites for hydroxylation is 1. The van der Waals surface area contributed by atoms with E-state index in [4.69, 9.17) is 4.74 Å². The first-order valence-corrected chi connectivity index (χ1v) is 7.15. The minimum Gasteiger partial charge on any atom is -0.493 e.